The van der Waals surface area contributed by atoms with Gasteiger partial charge >= 0.3 is 5.97 Å². The zero-order valence-electron chi connectivity index (χ0n) is 15.9. The Morgan fingerprint density at radius 3 is 2.33 bits per heavy atom. The quantitative estimate of drug-likeness (QED) is 0.520. The lowest BCUT2D eigenvalue weighted by Gasteiger charge is -2.15. The zero-order valence-corrected chi connectivity index (χ0v) is 16.7. The van der Waals surface area contributed by atoms with Gasteiger partial charge in [0.05, 0.1) is 10.4 Å². The summed E-state index contributed by atoms with van der Waals surface area (Å²) in [5, 5.41) is 4.62. The predicted molar refractivity (Wildman–Crippen MR) is 106 cm³/mol. The Morgan fingerprint density at radius 1 is 1.00 bits per heavy atom. The molecule has 2 rings (SSSR count). The third-order valence-corrected chi connectivity index (χ3v) is 4.92. The third kappa shape index (κ3) is 6.32. The van der Waals surface area contributed by atoms with E-state index in [0.29, 0.717) is 10.8 Å². The van der Waals surface area contributed by atoms with Gasteiger partial charge in [0.15, 0.2) is 6.61 Å². The van der Waals surface area contributed by atoms with E-state index in [2.05, 4.69) is 19.2 Å². The van der Waals surface area contributed by atoms with Crippen LogP contribution in [-0.2, 0) is 9.53 Å². The van der Waals surface area contributed by atoms with Gasteiger partial charge in [0, 0.05) is 11.6 Å². The summed E-state index contributed by atoms with van der Waals surface area (Å²) in [7, 11) is 0. The topological polar surface area (TPSA) is 72.5 Å². The van der Waals surface area contributed by atoms with Crippen LogP contribution in [0.25, 0.3) is 0 Å². The van der Waals surface area contributed by atoms with Crippen LogP contribution >= 0.6 is 11.3 Å². The molecule has 27 heavy (non-hydrogen) atoms. The number of carbonyl (C=O) groups excluding carboxylic acids is 3. The Labute approximate surface area is 163 Å². The fraction of sp³-hybridized carbons (Fsp3) is 0.381. The van der Waals surface area contributed by atoms with Crippen LogP contribution in [0.1, 0.15) is 59.2 Å². The molecular formula is C21H25NO4S. The van der Waals surface area contributed by atoms with E-state index in [1.807, 2.05) is 6.92 Å². The van der Waals surface area contributed by atoms with Crippen LogP contribution in [-0.4, -0.2) is 30.3 Å². The second-order valence-corrected chi connectivity index (χ2v) is 7.82. The van der Waals surface area contributed by atoms with Gasteiger partial charge in [-0.2, -0.15) is 0 Å². The number of rotatable bonds is 9. The summed E-state index contributed by atoms with van der Waals surface area (Å²) < 4.78 is 5.12. The molecular weight excluding hydrogens is 362 g/mol. The zero-order chi connectivity index (χ0) is 19.8. The first-order chi connectivity index (χ1) is 12.9. The number of benzene rings is 1. The van der Waals surface area contributed by atoms with Crippen LogP contribution in [0, 0.1) is 5.92 Å². The monoisotopic (exact) mass is 387 g/mol. The standard InChI is InChI=1S/C21H25NO4S/c1-14(2)10-11-15(3)22-19(23)13-26-21(25)17-8-5-4-7-16(17)20(24)18-9-6-12-27-18/h4-9,12,14-15H,10-11,13H2,1-3H3,(H,22,23). The Balaban J connectivity index is 1.95. The molecule has 1 amide bonds. The van der Waals surface area contributed by atoms with Crippen molar-refractivity contribution < 1.29 is 19.1 Å². The largest absolute Gasteiger partial charge is 0.452 e. The minimum Gasteiger partial charge on any atom is -0.452 e. The van der Waals surface area contributed by atoms with Crippen molar-refractivity contribution in [3.05, 3.63) is 57.8 Å². The van der Waals surface area contributed by atoms with Crippen LogP contribution < -0.4 is 5.32 Å². The highest BCUT2D eigenvalue weighted by Crippen LogP contribution is 2.19. The number of ketones is 1. The number of hydrogen-bond acceptors (Lipinski definition) is 5. The lowest BCUT2D eigenvalue weighted by molar-refractivity contribution is -0.124. The van der Waals surface area contributed by atoms with E-state index in [9.17, 15) is 14.4 Å². The van der Waals surface area contributed by atoms with Crippen molar-refractivity contribution >= 4 is 29.0 Å². The van der Waals surface area contributed by atoms with E-state index < -0.39 is 5.97 Å². The molecule has 0 aliphatic rings. The molecule has 0 aliphatic heterocycles. The van der Waals surface area contributed by atoms with Gasteiger partial charge in [0.25, 0.3) is 5.91 Å². The van der Waals surface area contributed by atoms with Crippen LogP contribution in [0.4, 0.5) is 0 Å². The van der Waals surface area contributed by atoms with E-state index in [1.54, 1.807) is 35.7 Å². The molecule has 0 saturated heterocycles. The molecule has 6 heteroatoms. The van der Waals surface area contributed by atoms with Gasteiger partial charge in [-0.25, -0.2) is 4.79 Å². The second-order valence-electron chi connectivity index (χ2n) is 6.87. The van der Waals surface area contributed by atoms with Crippen molar-refractivity contribution in [1.29, 1.82) is 0 Å². The lowest BCUT2D eigenvalue weighted by Crippen LogP contribution is -2.36. The molecule has 2 aromatic rings. The van der Waals surface area contributed by atoms with Crippen molar-refractivity contribution in [3.63, 3.8) is 0 Å². The van der Waals surface area contributed by atoms with Crippen molar-refractivity contribution in [2.24, 2.45) is 5.92 Å². The van der Waals surface area contributed by atoms with E-state index in [1.165, 1.54) is 17.4 Å². The van der Waals surface area contributed by atoms with E-state index >= 15 is 0 Å². The number of hydrogen-bond donors (Lipinski definition) is 1. The average Bonchev–Trinajstić information content (AvgIpc) is 3.18. The van der Waals surface area contributed by atoms with E-state index in [0.717, 1.165) is 12.8 Å². The minimum atomic E-state index is -0.680. The average molecular weight is 388 g/mol. The highest BCUT2D eigenvalue weighted by Gasteiger charge is 2.20. The molecule has 1 aromatic heterocycles. The Morgan fingerprint density at radius 2 is 1.70 bits per heavy atom. The van der Waals surface area contributed by atoms with E-state index in [4.69, 9.17) is 4.74 Å². The third-order valence-electron chi connectivity index (χ3n) is 4.06. The predicted octanol–water partition coefficient (Wildman–Crippen LogP) is 4.08. The Kier molecular flexibility index (Phi) is 7.73. The number of carbonyl (C=O) groups is 3. The van der Waals surface area contributed by atoms with Gasteiger partial charge in [-0.05, 0) is 43.2 Å². The van der Waals surface area contributed by atoms with Crippen LogP contribution in [0.2, 0.25) is 0 Å². The molecule has 1 N–H and O–H groups in total. The second kappa shape index (κ2) is 10.0. The first-order valence-electron chi connectivity index (χ1n) is 9.02. The first kappa shape index (κ1) is 20.8. The highest BCUT2D eigenvalue weighted by molar-refractivity contribution is 7.12. The molecule has 1 atom stereocenters. The summed E-state index contributed by atoms with van der Waals surface area (Å²) in [6.07, 6.45) is 1.88. The molecule has 0 aliphatic carbocycles. The fourth-order valence-electron chi connectivity index (χ4n) is 2.58. The minimum absolute atomic E-state index is 0.0197. The van der Waals surface area contributed by atoms with Crippen molar-refractivity contribution in [2.45, 2.75) is 39.7 Å². The number of esters is 1. The molecule has 0 radical (unpaired) electrons. The SMILES string of the molecule is CC(C)CCC(C)NC(=O)COC(=O)c1ccccc1C(=O)c1cccs1. The molecule has 5 nitrogen and oxygen atoms in total. The number of thiophene rings is 1. The normalized spacial score (nSPS) is 11.9. The van der Waals surface area contributed by atoms with Gasteiger partial charge in [0.2, 0.25) is 5.78 Å². The van der Waals surface area contributed by atoms with Gasteiger partial charge in [0.1, 0.15) is 0 Å². The van der Waals surface area contributed by atoms with E-state index in [-0.39, 0.29) is 35.5 Å². The molecule has 1 unspecified atom stereocenters. The van der Waals surface area contributed by atoms with Gasteiger partial charge in [-0.1, -0.05) is 38.1 Å². The summed E-state index contributed by atoms with van der Waals surface area (Å²) in [6.45, 7) is 5.82. The van der Waals surface area contributed by atoms with Gasteiger partial charge in [-0.3, -0.25) is 9.59 Å². The number of ether oxygens (including phenoxy) is 1. The van der Waals surface area contributed by atoms with Crippen molar-refractivity contribution in [2.75, 3.05) is 6.61 Å². The smallest absolute Gasteiger partial charge is 0.339 e. The molecule has 0 saturated carbocycles. The van der Waals surface area contributed by atoms with Gasteiger partial charge in [-0.15, -0.1) is 11.3 Å². The number of nitrogens with one attached hydrogen (secondary N) is 1. The Bertz CT molecular complexity index is 783. The fourth-order valence-corrected chi connectivity index (χ4v) is 3.26. The highest BCUT2D eigenvalue weighted by atomic mass is 32.1. The van der Waals surface area contributed by atoms with Crippen LogP contribution in [0.3, 0.4) is 0 Å². The molecule has 1 aromatic carbocycles. The summed E-state index contributed by atoms with van der Waals surface area (Å²) >= 11 is 1.31. The molecule has 0 spiro atoms. The summed E-state index contributed by atoms with van der Waals surface area (Å²) in [4.78, 5) is 37.5. The maximum atomic E-state index is 12.6. The maximum absolute atomic E-state index is 12.6. The van der Waals surface area contributed by atoms with Crippen molar-refractivity contribution in [1.82, 2.24) is 5.32 Å². The summed E-state index contributed by atoms with van der Waals surface area (Å²) in [5.74, 6) is -0.689. The molecule has 144 valence electrons. The first-order valence-corrected chi connectivity index (χ1v) is 9.90. The summed E-state index contributed by atoms with van der Waals surface area (Å²) in [6, 6.07) is 9.99. The molecule has 0 bridgehead atoms. The summed E-state index contributed by atoms with van der Waals surface area (Å²) in [5.41, 5.74) is 0.437. The maximum Gasteiger partial charge on any atom is 0.339 e. The van der Waals surface area contributed by atoms with Gasteiger partial charge < -0.3 is 10.1 Å². The lowest BCUT2D eigenvalue weighted by atomic mass is 10.0. The molecule has 0 fully saturated rings. The van der Waals surface area contributed by atoms with Crippen molar-refractivity contribution in [3.8, 4) is 0 Å². The Hall–Kier alpha value is -2.47. The van der Waals surface area contributed by atoms with Crippen LogP contribution in [0.5, 0.6) is 0 Å². The number of amides is 1. The molecule has 1 heterocycles. The van der Waals surface area contributed by atoms with Crippen LogP contribution in [0.15, 0.2) is 41.8 Å².